The van der Waals surface area contributed by atoms with E-state index in [1.54, 1.807) is 18.1 Å². The third-order valence-electron chi connectivity index (χ3n) is 4.82. The van der Waals surface area contributed by atoms with Gasteiger partial charge in [0.25, 0.3) is 0 Å². The SMILES string of the molecule is CN=C(NCCCOC1CCCCC1)NCc1ccc(-n2cncn2)cc1. The monoisotopic (exact) mass is 370 g/mol. The van der Waals surface area contributed by atoms with Gasteiger partial charge in [0, 0.05) is 26.7 Å². The highest BCUT2D eigenvalue weighted by Crippen LogP contribution is 2.20. The number of hydrogen-bond donors (Lipinski definition) is 2. The van der Waals surface area contributed by atoms with Gasteiger partial charge >= 0.3 is 0 Å². The van der Waals surface area contributed by atoms with E-state index < -0.39 is 0 Å². The van der Waals surface area contributed by atoms with E-state index >= 15 is 0 Å². The quantitative estimate of drug-likeness (QED) is 0.424. The summed E-state index contributed by atoms with van der Waals surface area (Å²) in [5.41, 5.74) is 2.18. The van der Waals surface area contributed by atoms with Crippen LogP contribution in [0.4, 0.5) is 0 Å². The zero-order valence-corrected chi connectivity index (χ0v) is 16.1. The molecule has 0 bridgehead atoms. The molecule has 1 aromatic heterocycles. The number of ether oxygens (including phenoxy) is 1. The Bertz CT molecular complexity index is 677. The number of aromatic nitrogens is 3. The van der Waals surface area contributed by atoms with E-state index in [4.69, 9.17) is 4.74 Å². The minimum absolute atomic E-state index is 0.483. The summed E-state index contributed by atoms with van der Waals surface area (Å²) < 4.78 is 7.70. The van der Waals surface area contributed by atoms with Crippen molar-refractivity contribution in [2.24, 2.45) is 4.99 Å². The van der Waals surface area contributed by atoms with Gasteiger partial charge < -0.3 is 15.4 Å². The molecular weight excluding hydrogens is 340 g/mol. The minimum atomic E-state index is 0.483. The first-order valence-electron chi connectivity index (χ1n) is 9.85. The van der Waals surface area contributed by atoms with E-state index in [0.29, 0.717) is 6.10 Å². The van der Waals surface area contributed by atoms with Crippen LogP contribution in [0.25, 0.3) is 5.69 Å². The number of nitrogens with zero attached hydrogens (tertiary/aromatic N) is 4. The zero-order chi connectivity index (χ0) is 18.7. The van der Waals surface area contributed by atoms with Crippen molar-refractivity contribution < 1.29 is 4.74 Å². The van der Waals surface area contributed by atoms with Crippen molar-refractivity contribution in [1.29, 1.82) is 0 Å². The molecule has 0 atom stereocenters. The summed E-state index contributed by atoms with van der Waals surface area (Å²) in [5, 5.41) is 10.8. The predicted octanol–water partition coefficient (Wildman–Crippen LogP) is 2.67. The van der Waals surface area contributed by atoms with Crippen molar-refractivity contribution >= 4 is 5.96 Å². The zero-order valence-electron chi connectivity index (χ0n) is 16.1. The summed E-state index contributed by atoms with van der Waals surface area (Å²) in [5.74, 6) is 0.813. The Labute approximate surface area is 161 Å². The topological polar surface area (TPSA) is 76.4 Å². The molecule has 27 heavy (non-hydrogen) atoms. The van der Waals surface area contributed by atoms with Gasteiger partial charge in [0.1, 0.15) is 12.7 Å². The number of guanidine groups is 1. The maximum Gasteiger partial charge on any atom is 0.191 e. The van der Waals surface area contributed by atoms with Gasteiger partial charge in [0.05, 0.1) is 11.8 Å². The van der Waals surface area contributed by atoms with E-state index in [0.717, 1.165) is 37.8 Å². The van der Waals surface area contributed by atoms with E-state index in [1.165, 1.54) is 44.0 Å². The Hall–Kier alpha value is -2.41. The fraction of sp³-hybridized carbons (Fsp3) is 0.550. The lowest BCUT2D eigenvalue weighted by atomic mass is 9.98. The Morgan fingerprint density at radius 2 is 2.00 bits per heavy atom. The number of aliphatic imine (C=N–C) groups is 1. The van der Waals surface area contributed by atoms with Crippen molar-refractivity contribution in [2.45, 2.75) is 51.2 Å². The van der Waals surface area contributed by atoms with Gasteiger partial charge in [0.15, 0.2) is 5.96 Å². The fourth-order valence-electron chi connectivity index (χ4n) is 3.28. The van der Waals surface area contributed by atoms with E-state index in [1.807, 2.05) is 12.1 Å². The number of benzene rings is 1. The summed E-state index contributed by atoms with van der Waals surface area (Å²) in [7, 11) is 1.79. The molecule has 1 aromatic carbocycles. The first kappa shape index (κ1) is 19.4. The smallest absolute Gasteiger partial charge is 0.191 e. The lowest BCUT2D eigenvalue weighted by Crippen LogP contribution is -2.37. The second-order valence-corrected chi connectivity index (χ2v) is 6.84. The Kier molecular flexibility index (Phi) is 7.65. The average molecular weight is 371 g/mol. The molecule has 0 saturated heterocycles. The number of nitrogens with one attached hydrogen (secondary N) is 2. The first-order chi connectivity index (χ1) is 13.3. The van der Waals surface area contributed by atoms with Crippen LogP contribution in [0.5, 0.6) is 0 Å². The highest BCUT2D eigenvalue weighted by Gasteiger charge is 2.12. The molecule has 0 radical (unpaired) electrons. The van der Waals surface area contributed by atoms with Crippen LogP contribution in [0.1, 0.15) is 44.1 Å². The lowest BCUT2D eigenvalue weighted by molar-refractivity contribution is 0.0277. The van der Waals surface area contributed by atoms with E-state index in [9.17, 15) is 0 Å². The predicted molar refractivity (Wildman–Crippen MR) is 107 cm³/mol. The van der Waals surface area contributed by atoms with Gasteiger partial charge in [-0.2, -0.15) is 5.10 Å². The summed E-state index contributed by atoms with van der Waals surface area (Å²) in [4.78, 5) is 8.25. The third kappa shape index (κ3) is 6.36. The molecule has 0 spiro atoms. The standard InChI is InChI=1S/C20H30N6O/c1-21-20(23-12-5-13-27-19-6-3-2-4-7-19)24-14-17-8-10-18(11-9-17)26-16-22-15-25-26/h8-11,15-16,19H,2-7,12-14H2,1H3,(H2,21,23,24). The molecule has 2 aromatic rings. The summed E-state index contributed by atoms with van der Waals surface area (Å²) in [6.45, 7) is 2.39. The lowest BCUT2D eigenvalue weighted by Gasteiger charge is -2.22. The van der Waals surface area contributed by atoms with Gasteiger partial charge in [-0.1, -0.05) is 31.4 Å². The van der Waals surface area contributed by atoms with Gasteiger partial charge in [-0.3, -0.25) is 4.99 Å². The van der Waals surface area contributed by atoms with Crippen LogP contribution in [0.2, 0.25) is 0 Å². The van der Waals surface area contributed by atoms with Crippen LogP contribution in [-0.2, 0) is 11.3 Å². The van der Waals surface area contributed by atoms with Gasteiger partial charge in [-0.15, -0.1) is 0 Å². The normalized spacial score (nSPS) is 15.7. The molecule has 0 amide bonds. The molecule has 146 valence electrons. The van der Waals surface area contributed by atoms with Crippen LogP contribution in [0.3, 0.4) is 0 Å². The van der Waals surface area contributed by atoms with Gasteiger partial charge in [0.2, 0.25) is 0 Å². The second kappa shape index (κ2) is 10.7. The van der Waals surface area contributed by atoms with E-state index in [-0.39, 0.29) is 0 Å². The summed E-state index contributed by atoms with van der Waals surface area (Å²) in [6, 6.07) is 8.22. The maximum absolute atomic E-state index is 5.96. The van der Waals surface area contributed by atoms with Crippen LogP contribution in [0, 0.1) is 0 Å². The summed E-state index contributed by atoms with van der Waals surface area (Å²) >= 11 is 0. The molecule has 0 unspecified atom stereocenters. The molecule has 2 N–H and O–H groups in total. The van der Waals surface area contributed by atoms with E-state index in [2.05, 4.69) is 37.8 Å². The van der Waals surface area contributed by atoms with Crippen LogP contribution >= 0.6 is 0 Å². The van der Waals surface area contributed by atoms with Crippen LogP contribution in [0.15, 0.2) is 41.9 Å². The number of rotatable bonds is 8. The highest BCUT2D eigenvalue weighted by atomic mass is 16.5. The summed E-state index contributed by atoms with van der Waals surface area (Å²) in [6.07, 6.45) is 11.2. The van der Waals surface area contributed by atoms with Crippen molar-refractivity contribution in [3.05, 3.63) is 42.5 Å². The van der Waals surface area contributed by atoms with Crippen molar-refractivity contribution in [1.82, 2.24) is 25.4 Å². The Morgan fingerprint density at radius 1 is 1.19 bits per heavy atom. The molecule has 7 heteroatoms. The molecule has 7 nitrogen and oxygen atoms in total. The minimum Gasteiger partial charge on any atom is -0.378 e. The number of hydrogen-bond acceptors (Lipinski definition) is 4. The molecule has 1 aliphatic carbocycles. The molecule has 1 heterocycles. The molecule has 1 fully saturated rings. The third-order valence-corrected chi connectivity index (χ3v) is 4.82. The van der Waals surface area contributed by atoms with Crippen molar-refractivity contribution in [3.63, 3.8) is 0 Å². The first-order valence-corrected chi connectivity index (χ1v) is 9.85. The largest absolute Gasteiger partial charge is 0.378 e. The average Bonchev–Trinajstić information content (AvgIpc) is 3.26. The van der Waals surface area contributed by atoms with Crippen molar-refractivity contribution in [3.8, 4) is 5.69 Å². The highest BCUT2D eigenvalue weighted by molar-refractivity contribution is 5.79. The Morgan fingerprint density at radius 3 is 2.70 bits per heavy atom. The van der Waals surface area contributed by atoms with Gasteiger partial charge in [-0.05, 0) is 37.0 Å². The Balaban J connectivity index is 1.32. The van der Waals surface area contributed by atoms with Crippen LogP contribution < -0.4 is 10.6 Å². The van der Waals surface area contributed by atoms with Gasteiger partial charge in [-0.25, -0.2) is 9.67 Å². The molecule has 1 saturated carbocycles. The molecular formula is C20H30N6O. The second-order valence-electron chi connectivity index (χ2n) is 6.84. The molecule has 3 rings (SSSR count). The maximum atomic E-state index is 5.96. The van der Waals surface area contributed by atoms with Crippen molar-refractivity contribution in [2.75, 3.05) is 20.2 Å². The fourth-order valence-corrected chi connectivity index (χ4v) is 3.28. The molecule has 1 aliphatic rings. The molecule has 0 aliphatic heterocycles. The van der Waals surface area contributed by atoms with Crippen LogP contribution in [-0.4, -0.2) is 47.0 Å².